The lowest BCUT2D eigenvalue weighted by molar-refractivity contribution is 0.195. The van der Waals surface area contributed by atoms with Crippen LogP contribution in [0.1, 0.15) is 20.8 Å². The molecule has 1 heterocycles. The summed E-state index contributed by atoms with van der Waals surface area (Å²) in [5.74, 6) is -0.618. The highest BCUT2D eigenvalue weighted by atomic mass is 127. The Balaban J connectivity index is 3.28. The first-order valence-corrected chi connectivity index (χ1v) is 5.65. The quantitative estimate of drug-likeness (QED) is 0.632. The van der Waals surface area contributed by atoms with Crippen LogP contribution in [0.15, 0.2) is 12.3 Å². The predicted octanol–water partition coefficient (Wildman–Crippen LogP) is 3.11. The largest absolute Gasteiger partial charge is 0.465 e. The Morgan fingerprint density at radius 2 is 2.12 bits per heavy atom. The molecule has 0 aliphatic heterocycles. The summed E-state index contributed by atoms with van der Waals surface area (Å²) in [6.07, 6.45) is 0.148. The van der Waals surface area contributed by atoms with E-state index in [-0.39, 0.29) is 0 Å². The zero-order valence-electron chi connectivity index (χ0n) is 9.16. The third-order valence-electron chi connectivity index (χ3n) is 1.90. The van der Waals surface area contributed by atoms with E-state index in [2.05, 4.69) is 4.98 Å². The molecule has 0 saturated carbocycles. The van der Waals surface area contributed by atoms with Crippen LogP contribution in [-0.4, -0.2) is 21.7 Å². The molecule has 0 aliphatic carbocycles. The number of pyridine rings is 1. The van der Waals surface area contributed by atoms with Crippen molar-refractivity contribution in [2.75, 3.05) is 4.90 Å². The Hall–Kier alpha value is -0.920. The molecule has 6 heteroatoms. The highest BCUT2D eigenvalue weighted by Crippen LogP contribution is 2.28. The zero-order chi connectivity index (χ0) is 12.5. The van der Waals surface area contributed by atoms with Gasteiger partial charge in [0.1, 0.15) is 0 Å². The first-order chi connectivity index (χ1) is 7.23. The number of hydrogen-bond acceptors (Lipinski definition) is 2. The number of rotatable bonds is 1. The van der Waals surface area contributed by atoms with Crippen molar-refractivity contribution >= 4 is 34.4 Å². The summed E-state index contributed by atoms with van der Waals surface area (Å²) < 4.78 is 13.3. The summed E-state index contributed by atoms with van der Waals surface area (Å²) >= 11 is 1.89. The van der Waals surface area contributed by atoms with E-state index in [1.54, 1.807) is 20.8 Å². The van der Waals surface area contributed by atoms with Crippen molar-refractivity contribution in [1.82, 2.24) is 4.98 Å². The van der Waals surface area contributed by atoms with Gasteiger partial charge in [0.2, 0.25) is 5.95 Å². The van der Waals surface area contributed by atoms with Gasteiger partial charge in [-0.2, -0.15) is 4.39 Å². The minimum atomic E-state index is -1.08. The molecule has 0 radical (unpaired) electrons. The van der Waals surface area contributed by atoms with Gasteiger partial charge in [0, 0.05) is 15.2 Å². The lowest BCUT2D eigenvalue weighted by Gasteiger charge is -2.33. The minimum Gasteiger partial charge on any atom is -0.465 e. The number of halogens is 2. The van der Waals surface area contributed by atoms with Crippen LogP contribution < -0.4 is 4.90 Å². The molecule has 0 bridgehead atoms. The Morgan fingerprint density at radius 1 is 1.56 bits per heavy atom. The van der Waals surface area contributed by atoms with Gasteiger partial charge in [-0.25, -0.2) is 9.78 Å². The highest BCUT2D eigenvalue weighted by Gasteiger charge is 2.29. The second kappa shape index (κ2) is 4.52. The number of carbonyl (C=O) groups is 1. The average molecular weight is 338 g/mol. The second-order valence-electron chi connectivity index (χ2n) is 4.25. The number of hydrogen-bond donors (Lipinski definition) is 1. The van der Waals surface area contributed by atoms with Gasteiger partial charge >= 0.3 is 6.09 Å². The number of aromatic nitrogens is 1. The van der Waals surface area contributed by atoms with E-state index in [0.29, 0.717) is 9.26 Å². The minimum absolute atomic E-state index is 0.391. The van der Waals surface area contributed by atoms with E-state index in [0.717, 1.165) is 0 Å². The first-order valence-electron chi connectivity index (χ1n) is 4.57. The van der Waals surface area contributed by atoms with Crippen LogP contribution in [0.3, 0.4) is 0 Å². The van der Waals surface area contributed by atoms with E-state index in [9.17, 15) is 9.18 Å². The van der Waals surface area contributed by atoms with Gasteiger partial charge in [-0.05, 0) is 43.4 Å². The number of carboxylic acid groups (broad SMARTS) is 1. The van der Waals surface area contributed by atoms with Gasteiger partial charge in [0.15, 0.2) is 0 Å². The smallest absolute Gasteiger partial charge is 0.412 e. The van der Waals surface area contributed by atoms with Gasteiger partial charge in [0.25, 0.3) is 0 Å². The Kier molecular flexibility index (Phi) is 3.72. The summed E-state index contributed by atoms with van der Waals surface area (Å²) in [5.41, 5.74) is -0.215. The molecule has 1 amide bonds. The molecule has 0 aliphatic rings. The fourth-order valence-corrected chi connectivity index (χ4v) is 1.95. The second-order valence-corrected chi connectivity index (χ2v) is 5.41. The van der Waals surface area contributed by atoms with E-state index < -0.39 is 17.6 Å². The molecule has 0 spiro atoms. The summed E-state index contributed by atoms with van der Waals surface area (Å²) in [6.45, 7) is 5.29. The van der Waals surface area contributed by atoms with Crippen molar-refractivity contribution < 1.29 is 14.3 Å². The van der Waals surface area contributed by atoms with Crippen molar-refractivity contribution in [3.05, 3.63) is 21.8 Å². The molecular weight excluding hydrogens is 326 g/mol. The molecule has 1 rings (SSSR count). The van der Waals surface area contributed by atoms with Crippen LogP contribution >= 0.6 is 22.6 Å². The molecule has 0 aromatic carbocycles. The first kappa shape index (κ1) is 13.1. The standard InChI is InChI=1S/C10H12FIN2O2/c1-10(2,3)14(9(15)16)7-5-13-8(11)4-6(7)12/h4-5H,1-3H3,(H,15,16). The fourth-order valence-electron chi connectivity index (χ4n) is 1.32. The van der Waals surface area contributed by atoms with Gasteiger partial charge in [0.05, 0.1) is 11.9 Å². The van der Waals surface area contributed by atoms with Crippen LogP contribution in [0, 0.1) is 9.52 Å². The maximum atomic E-state index is 12.8. The average Bonchev–Trinajstić information content (AvgIpc) is 2.06. The van der Waals surface area contributed by atoms with Crippen molar-refractivity contribution in [3.63, 3.8) is 0 Å². The van der Waals surface area contributed by atoms with E-state index >= 15 is 0 Å². The molecule has 1 N–H and O–H groups in total. The van der Waals surface area contributed by atoms with Crippen molar-refractivity contribution in [2.24, 2.45) is 0 Å². The van der Waals surface area contributed by atoms with E-state index in [1.165, 1.54) is 17.2 Å². The van der Waals surface area contributed by atoms with Crippen LogP contribution in [0.25, 0.3) is 0 Å². The third-order valence-corrected chi connectivity index (χ3v) is 2.77. The zero-order valence-corrected chi connectivity index (χ0v) is 11.3. The molecule has 0 saturated heterocycles. The predicted molar refractivity (Wildman–Crippen MR) is 67.2 cm³/mol. The molecule has 0 unspecified atom stereocenters. The van der Waals surface area contributed by atoms with E-state index in [4.69, 9.17) is 5.11 Å². The van der Waals surface area contributed by atoms with Crippen LogP contribution in [0.5, 0.6) is 0 Å². The molecule has 0 atom stereocenters. The number of nitrogens with zero attached hydrogens (tertiary/aromatic N) is 2. The van der Waals surface area contributed by atoms with Crippen molar-refractivity contribution in [1.29, 1.82) is 0 Å². The molecule has 4 nitrogen and oxygen atoms in total. The number of amides is 1. The Bertz CT molecular complexity index is 418. The molecule has 16 heavy (non-hydrogen) atoms. The topological polar surface area (TPSA) is 53.4 Å². The molecular formula is C10H12FIN2O2. The summed E-state index contributed by atoms with van der Waals surface area (Å²) in [6, 6.07) is 1.21. The van der Waals surface area contributed by atoms with Gasteiger partial charge < -0.3 is 5.11 Å². The molecule has 0 fully saturated rings. The van der Waals surface area contributed by atoms with Crippen molar-refractivity contribution in [3.8, 4) is 0 Å². The monoisotopic (exact) mass is 338 g/mol. The number of anilines is 1. The Labute approximate surface area is 107 Å². The lowest BCUT2D eigenvalue weighted by atomic mass is 10.1. The maximum Gasteiger partial charge on any atom is 0.412 e. The molecule has 1 aromatic heterocycles. The summed E-state index contributed by atoms with van der Waals surface area (Å²) in [4.78, 5) is 15.8. The highest BCUT2D eigenvalue weighted by molar-refractivity contribution is 14.1. The third kappa shape index (κ3) is 2.81. The van der Waals surface area contributed by atoms with E-state index in [1.807, 2.05) is 22.6 Å². The fraction of sp³-hybridized carbons (Fsp3) is 0.400. The summed E-state index contributed by atoms with van der Waals surface area (Å²) in [7, 11) is 0. The van der Waals surface area contributed by atoms with Gasteiger partial charge in [-0.1, -0.05) is 0 Å². The maximum absolute atomic E-state index is 12.8. The van der Waals surface area contributed by atoms with Crippen LogP contribution in [0.4, 0.5) is 14.9 Å². The normalized spacial score (nSPS) is 11.3. The SMILES string of the molecule is CC(C)(C)N(C(=O)O)c1cnc(F)cc1I. The molecule has 1 aromatic rings. The van der Waals surface area contributed by atoms with Crippen LogP contribution in [-0.2, 0) is 0 Å². The van der Waals surface area contributed by atoms with Crippen molar-refractivity contribution in [2.45, 2.75) is 26.3 Å². The Morgan fingerprint density at radius 3 is 2.50 bits per heavy atom. The van der Waals surface area contributed by atoms with Gasteiger partial charge in [-0.15, -0.1) is 0 Å². The lowest BCUT2D eigenvalue weighted by Crippen LogP contribution is -2.45. The van der Waals surface area contributed by atoms with Gasteiger partial charge in [-0.3, -0.25) is 4.90 Å². The van der Waals surface area contributed by atoms with Crippen LogP contribution in [0.2, 0.25) is 0 Å². The summed E-state index contributed by atoms with van der Waals surface area (Å²) in [5, 5.41) is 9.16. The molecule has 88 valence electrons.